The molecule has 0 fully saturated rings. The van der Waals surface area contributed by atoms with Crippen molar-refractivity contribution in [3.8, 4) is 17.2 Å². The fourth-order valence-electron chi connectivity index (χ4n) is 6.11. The van der Waals surface area contributed by atoms with E-state index in [1.165, 1.54) is 32.7 Å². The monoisotopic (exact) mass is 715 g/mol. The smallest absolute Gasteiger partial charge is 0.338 e. The number of hydrogen-bond donors (Lipinski definition) is 0. The Hall–Kier alpha value is -4.61. The predicted octanol–water partition coefficient (Wildman–Crippen LogP) is 5.90. The number of aromatic nitrogens is 2. The van der Waals surface area contributed by atoms with E-state index in [1.54, 1.807) is 30.5 Å². The lowest BCUT2D eigenvalue weighted by Gasteiger charge is -2.26. The molecule has 0 spiro atoms. The molecule has 3 aromatic carbocycles. The lowest BCUT2D eigenvalue weighted by atomic mass is 9.95. The zero-order valence-electron chi connectivity index (χ0n) is 26.9. The minimum absolute atomic E-state index is 0.172. The molecule has 0 aliphatic carbocycles. The number of para-hydroxylation sites is 1. The first kappa shape index (κ1) is 32.3. The van der Waals surface area contributed by atoms with E-state index in [-0.39, 0.29) is 17.7 Å². The fourth-order valence-corrected chi connectivity index (χ4v) is 7.41. The number of carbonyl (C=O) groups excluding carboxylic acids is 1. The summed E-state index contributed by atoms with van der Waals surface area (Å²) in [6.07, 6.45) is 1.94. The Balaban J connectivity index is 1.57. The van der Waals surface area contributed by atoms with E-state index < -0.39 is 12.0 Å². The molecule has 5 aromatic rings. The number of hydrogen-bond acceptors (Lipinski definition) is 8. The van der Waals surface area contributed by atoms with Crippen LogP contribution in [0, 0.1) is 6.92 Å². The summed E-state index contributed by atoms with van der Waals surface area (Å²) >= 11 is 4.81. The lowest BCUT2D eigenvalue weighted by Crippen LogP contribution is -2.40. The first-order chi connectivity index (χ1) is 22.7. The van der Waals surface area contributed by atoms with E-state index in [2.05, 4.69) is 51.7 Å². The van der Waals surface area contributed by atoms with E-state index >= 15 is 0 Å². The summed E-state index contributed by atoms with van der Waals surface area (Å²) in [6.45, 7) is 6.42. The average Bonchev–Trinajstić information content (AvgIpc) is 3.52. The zero-order valence-corrected chi connectivity index (χ0v) is 29.3. The maximum absolute atomic E-state index is 14.5. The molecule has 0 amide bonds. The van der Waals surface area contributed by atoms with Crippen LogP contribution < -0.4 is 29.1 Å². The van der Waals surface area contributed by atoms with Crippen LogP contribution in [0.15, 0.2) is 86.2 Å². The highest BCUT2D eigenvalue weighted by Gasteiger charge is 2.35. The molecule has 3 heterocycles. The molecule has 2 aromatic heterocycles. The summed E-state index contributed by atoms with van der Waals surface area (Å²) in [6, 6.07) is 19.1. The van der Waals surface area contributed by atoms with Crippen molar-refractivity contribution in [1.29, 1.82) is 0 Å². The van der Waals surface area contributed by atoms with Gasteiger partial charge in [-0.25, -0.2) is 9.79 Å². The number of fused-ring (bicyclic) bond motifs is 2. The molecule has 242 valence electrons. The fraction of sp³-hybridized carbons (Fsp3) is 0.250. The molecule has 47 heavy (non-hydrogen) atoms. The number of ether oxygens (including phenoxy) is 4. The van der Waals surface area contributed by atoms with Crippen molar-refractivity contribution in [2.24, 2.45) is 4.99 Å². The number of nitrogens with zero attached hydrogens (tertiary/aromatic N) is 3. The zero-order chi connectivity index (χ0) is 33.4. The van der Waals surface area contributed by atoms with E-state index in [4.69, 9.17) is 23.9 Å². The number of rotatable bonds is 9. The van der Waals surface area contributed by atoms with Crippen LogP contribution >= 0.6 is 27.3 Å². The molecule has 1 atom stereocenters. The van der Waals surface area contributed by atoms with Crippen LogP contribution in [0.4, 0.5) is 0 Å². The Labute approximate surface area is 284 Å². The van der Waals surface area contributed by atoms with Crippen LogP contribution in [-0.2, 0) is 16.1 Å². The third kappa shape index (κ3) is 5.78. The molecule has 6 rings (SSSR count). The van der Waals surface area contributed by atoms with Crippen LogP contribution in [0.1, 0.15) is 42.3 Å². The SMILES string of the molecule is CCOC(=O)C1=C(C)N=c2s/c(=C\c3c(C)n(Cc4ccc(Br)cc4)c4ccccc34)c(=O)n2[C@@H]1c1cc(OC)c(OC)c(OC)c1. The Morgan fingerprint density at radius 2 is 1.68 bits per heavy atom. The van der Waals surface area contributed by atoms with Gasteiger partial charge in [0.25, 0.3) is 5.56 Å². The van der Waals surface area contributed by atoms with Crippen LogP contribution in [0.25, 0.3) is 17.0 Å². The van der Waals surface area contributed by atoms with Gasteiger partial charge in [0.1, 0.15) is 0 Å². The third-order valence-electron chi connectivity index (χ3n) is 8.33. The van der Waals surface area contributed by atoms with E-state index in [1.807, 2.05) is 30.3 Å². The second-order valence-corrected chi connectivity index (χ2v) is 12.9. The normalized spacial score (nSPS) is 14.6. The lowest BCUT2D eigenvalue weighted by molar-refractivity contribution is -0.139. The highest BCUT2D eigenvalue weighted by atomic mass is 79.9. The number of benzene rings is 3. The maximum atomic E-state index is 14.5. The first-order valence-electron chi connectivity index (χ1n) is 15.0. The molecular weight excluding hydrogens is 682 g/mol. The van der Waals surface area contributed by atoms with Gasteiger partial charge in [0, 0.05) is 33.2 Å². The minimum Gasteiger partial charge on any atom is -0.493 e. The molecule has 1 aliphatic rings. The van der Waals surface area contributed by atoms with Gasteiger partial charge in [-0.1, -0.05) is 57.6 Å². The Bertz CT molecular complexity index is 2200. The van der Waals surface area contributed by atoms with Gasteiger partial charge in [-0.15, -0.1) is 0 Å². The second-order valence-electron chi connectivity index (χ2n) is 11.0. The quantitative estimate of drug-likeness (QED) is 0.177. The number of esters is 1. The highest BCUT2D eigenvalue weighted by molar-refractivity contribution is 9.10. The Morgan fingerprint density at radius 3 is 2.32 bits per heavy atom. The molecule has 11 heteroatoms. The van der Waals surface area contributed by atoms with Gasteiger partial charge in [0.15, 0.2) is 16.3 Å². The first-order valence-corrected chi connectivity index (χ1v) is 16.6. The molecule has 0 saturated heterocycles. The van der Waals surface area contributed by atoms with Crippen LogP contribution in [-0.4, -0.2) is 43.0 Å². The van der Waals surface area contributed by atoms with E-state index in [9.17, 15) is 9.59 Å². The summed E-state index contributed by atoms with van der Waals surface area (Å²) in [5, 5.41) is 1.04. The molecule has 0 radical (unpaired) electrons. The van der Waals surface area contributed by atoms with E-state index in [0.29, 0.717) is 44.4 Å². The number of carbonyl (C=O) groups is 1. The molecule has 0 unspecified atom stereocenters. The number of thiazole rings is 1. The summed E-state index contributed by atoms with van der Waals surface area (Å²) in [4.78, 5) is 33.1. The number of halogens is 1. The molecule has 0 saturated carbocycles. The van der Waals surface area contributed by atoms with Gasteiger partial charge < -0.3 is 23.5 Å². The van der Waals surface area contributed by atoms with Crippen LogP contribution in [0.5, 0.6) is 17.2 Å². The molecule has 0 N–H and O–H groups in total. The van der Waals surface area contributed by atoms with Crippen molar-refractivity contribution < 1.29 is 23.7 Å². The van der Waals surface area contributed by atoms with Crippen molar-refractivity contribution >= 4 is 50.2 Å². The summed E-state index contributed by atoms with van der Waals surface area (Å²) in [5.41, 5.74) is 5.27. The average molecular weight is 717 g/mol. The topological polar surface area (TPSA) is 93.3 Å². The van der Waals surface area contributed by atoms with Crippen LogP contribution in [0.3, 0.4) is 0 Å². The summed E-state index contributed by atoms with van der Waals surface area (Å²) in [5.74, 6) is 0.653. The van der Waals surface area contributed by atoms with Crippen molar-refractivity contribution in [2.45, 2.75) is 33.4 Å². The Kier molecular flexibility index (Phi) is 9.11. The predicted molar refractivity (Wildman–Crippen MR) is 186 cm³/mol. The van der Waals surface area contributed by atoms with Crippen molar-refractivity contribution in [1.82, 2.24) is 9.13 Å². The molecule has 0 bridgehead atoms. The standard InChI is InChI=1S/C36H34BrN3O6S/c1-7-46-35(42)31-20(2)38-36-40(32(31)23-16-28(43-4)33(45-6)29(17-23)44-5)34(41)30(47-36)18-26-21(3)39(27-11-9-8-10-25(26)27)19-22-12-14-24(37)15-13-22/h8-18,32H,7,19H2,1-6H3/b30-18-/t32-/m1/s1. The second kappa shape index (κ2) is 13.2. The molecule has 1 aliphatic heterocycles. The van der Waals surface area contributed by atoms with E-state index in [0.717, 1.165) is 32.2 Å². The van der Waals surface area contributed by atoms with Gasteiger partial charge in [-0.2, -0.15) is 0 Å². The number of methoxy groups -OCH3 is 3. The molecule has 9 nitrogen and oxygen atoms in total. The van der Waals surface area contributed by atoms with Gasteiger partial charge in [0.05, 0.1) is 49.8 Å². The van der Waals surface area contributed by atoms with Crippen molar-refractivity contribution in [3.05, 3.63) is 118 Å². The van der Waals surface area contributed by atoms with Gasteiger partial charge in [-0.05, 0) is 68.3 Å². The third-order valence-corrected chi connectivity index (χ3v) is 9.84. The maximum Gasteiger partial charge on any atom is 0.338 e. The largest absolute Gasteiger partial charge is 0.493 e. The molecular formula is C36H34BrN3O6S. The van der Waals surface area contributed by atoms with Gasteiger partial charge in [0.2, 0.25) is 5.75 Å². The number of allylic oxidation sites excluding steroid dienone is 1. The van der Waals surface area contributed by atoms with Gasteiger partial charge in [-0.3, -0.25) is 9.36 Å². The summed E-state index contributed by atoms with van der Waals surface area (Å²) < 4.78 is 27.6. The van der Waals surface area contributed by atoms with Crippen molar-refractivity contribution in [3.63, 3.8) is 0 Å². The van der Waals surface area contributed by atoms with Gasteiger partial charge >= 0.3 is 5.97 Å². The van der Waals surface area contributed by atoms with Crippen LogP contribution in [0.2, 0.25) is 0 Å². The minimum atomic E-state index is -0.846. The van der Waals surface area contributed by atoms with Crippen molar-refractivity contribution in [2.75, 3.05) is 27.9 Å². The Morgan fingerprint density at radius 1 is 1.00 bits per heavy atom. The summed E-state index contributed by atoms with van der Waals surface area (Å²) in [7, 11) is 4.57. The highest BCUT2D eigenvalue weighted by Crippen LogP contribution is 2.42.